The average Bonchev–Trinajstić information content (AvgIpc) is 3.47. The third-order valence-electron chi connectivity index (χ3n) is 10.2. The van der Waals surface area contributed by atoms with Crippen LogP contribution in [0.2, 0.25) is 0 Å². The Balaban J connectivity index is 1.15. The van der Waals surface area contributed by atoms with Crippen molar-refractivity contribution in [2.45, 2.75) is 44.3 Å². The van der Waals surface area contributed by atoms with Crippen LogP contribution in [-0.2, 0) is 13.6 Å². The molecule has 3 atom stereocenters. The van der Waals surface area contributed by atoms with Gasteiger partial charge >= 0.3 is 0 Å². The zero-order valence-electron chi connectivity index (χ0n) is 25.3. The first kappa shape index (κ1) is 26.6. The second kappa shape index (κ2) is 9.84. The number of methoxy groups -OCH3 is 1. The number of benzene rings is 2. The number of hydrogen-bond donors (Lipinski definition) is 1. The van der Waals surface area contributed by atoms with Crippen LogP contribution in [0, 0.1) is 11.8 Å². The van der Waals surface area contributed by atoms with Crippen molar-refractivity contribution in [2.75, 3.05) is 13.7 Å². The van der Waals surface area contributed by atoms with Gasteiger partial charge in [-0.3, -0.25) is 14.8 Å². The van der Waals surface area contributed by atoms with Gasteiger partial charge in [0.2, 0.25) is 0 Å². The molecule has 10 heteroatoms. The number of rotatable bonds is 6. The second-order valence-corrected chi connectivity index (χ2v) is 12.9. The van der Waals surface area contributed by atoms with Crippen LogP contribution in [0.5, 0.6) is 5.75 Å². The molecule has 9 rings (SSSR count). The number of amides is 1. The summed E-state index contributed by atoms with van der Waals surface area (Å²) in [6.45, 7) is 1.60. The minimum Gasteiger partial charge on any atom is -0.494 e. The Hall–Kier alpha value is -4.83. The largest absolute Gasteiger partial charge is 0.494 e. The Labute approximate surface area is 259 Å². The number of piperidine rings is 1. The van der Waals surface area contributed by atoms with Crippen molar-refractivity contribution in [3.05, 3.63) is 66.5 Å². The average molecular weight is 599 g/mol. The van der Waals surface area contributed by atoms with Gasteiger partial charge < -0.3 is 24.5 Å². The lowest BCUT2D eigenvalue weighted by molar-refractivity contribution is 0.0700. The summed E-state index contributed by atoms with van der Waals surface area (Å²) in [6, 6.07) is 16.4. The predicted molar refractivity (Wildman–Crippen MR) is 173 cm³/mol. The number of ether oxygens (including phenoxy) is 1. The van der Waals surface area contributed by atoms with Gasteiger partial charge in [-0.1, -0.05) is 6.07 Å². The van der Waals surface area contributed by atoms with Crippen LogP contribution in [0.15, 0.2) is 60.9 Å². The number of pyridine rings is 1. The smallest absolute Gasteiger partial charge is 0.254 e. The first-order valence-electron chi connectivity index (χ1n) is 15.8. The molecule has 45 heavy (non-hydrogen) atoms. The van der Waals surface area contributed by atoms with Crippen LogP contribution in [0.4, 0.5) is 0 Å². The fourth-order valence-electron chi connectivity index (χ4n) is 7.61. The zero-order chi connectivity index (χ0) is 30.4. The quantitative estimate of drug-likeness (QED) is 0.281. The maximum atomic E-state index is 13.7. The summed E-state index contributed by atoms with van der Waals surface area (Å²) in [5.41, 5.74) is 14.1. The Kier molecular flexibility index (Phi) is 5.81. The molecule has 3 aliphatic rings. The highest BCUT2D eigenvalue weighted by atomic mass is 16.5. The summed E-state index contributed by atoms with van der Waals surface area (Å²) in [6.07, 6.45) is 7.93. The molecule has 2 unspecified atom stereocenters. The van der Waals surface area contributed by atoms with E-state index in [1.165, 1.54) is 12.8 Å². The number of imidazole rings is 1. The van der Waals surface area contributed by atoms with E-state index < -0.39 is 0 Å². The third-order valence-corrected chi connectivity index (χ3v) is 10.2. The molecule has 2 aliphatic carbocycles. The molecular formula is C35H34N8O2. The number of aryl methyl sites for hydroxylation is 1. The fourth-order valence-corrected chi connectivity index (χ4v) is 7.61. The minimum absolute atomic E-state index is 0.00398. The molecule has 0 radical (unpaired) electrons. The summed E-state index contributed by atoms with van der Waals surface area (Å²) in [4.78, 5) is 34.9. The van der Waals surface area contributed by atoms with Gasteiger partial charge in [0.05, 0.1) is 35.0 Å². The van der Waals surface area contributed by atoms with E-state index in [0.29, 0.717) is 23.1 Å². The molecule has 2 saturated carbocycles. The number of hydrogen-bond acceptors (Lipinski definition) is 7. The fraction of sp³-hybridized carbons (Fsp3) is 0.343. The van der Waals surface area contributed by atoms with Crippen LogP contribution < -0.4 is 10.5 Å². The van der Waals surface area contributed by atoms with Gasteiger partial charge in [-0.2, -0.15) is 0 Å². The number of likely N-dealkylation sites (tertiary alicyclic amines) is 1. The predicted octanol–water partition coefficient (Wildman–Crippen LogP) is 5.18. The van der Waals surface area contributed by atoms with Crippen molar-refractivity contribution in [3.8, 4) is 28.5 Å². The first-order chi connectivity index (χ1) is 22.0. The Bertz CT molecular complexity index is 2160. The van der Waals surface area contributed by atoms with Gasteiger partial charge in [-0.15, -0.1) is 0 Å². The molecule has 1 amide bonds. The lowest BCUT2D eigenvalue weighted by Crippen LogP contribution is -2.41. The molecular weight excluding hydrogens is 564 g/mol. The molecule has 2 bridgehead atoms. The number of nitrogens with two attached hydrogens (primary N) is 1. The maximum Gasteiger partial charge on any atom is 0.254 e. The molecule has 6 aromatic rings. The van der Waals surface area contributed by atoms with Crippen molar-refractivity contribution in [2.24, 2.45) is 24.6 Å². The SMILES string of the molecule is COc1cc(C(=O)N2CC3CCC2[C@@H]3N)cc2nc(-c3cc4ccc(-c5ccc6nccnc6c5)nc4n3CC3CC3)n(C)c12. The number of aromatic nitrogens is 6. The Morgan fingerprint density at radius 2 is 1.80 bits per heavy atom. The maximum absolute atomic E-state index is 13.7. The lowest BCUT2D eigenvalue weighted by atomic mass is 10.1. The topological polar surface area (TPSA) is 117 Å². The van der Waals surface area contributed by atoms with Gasteiger partial charge in [0.25, 0.3) is 5.91 Å². The van der Waals surface area contributed by atoms with E-state index in [2.05, 4.69) is 43.4 Å². The zero-order valence-corrected chi connectivity index (χ0v) is 25.3. The van der Waals surface area contributed by atoms with Gasteiger partial charge in [0.15, 0.2) is 5.82 Å². The highest BCUT2D eigenvalue weighted by Crippen LogP contribution is 2.40. The van der Waals surface area contributed by atoms with Crippen molar-refractivity contribution < 1.29 is 9.53 Å². The summed E-state index contributed by atoms with van der Waals surface area (Å²) in [5, 5.41) is 1.06. The van der Waals surface area contributed by atoms with Gasteiger partial charge in [-0.25, -0.2) is 9.97 Å². The standard InChI is InChI=1S/C35H34N8O2/c1-41-32-27(14-23(16-30(32)45-2)35(44)43-18-22-7-10-28(43)31(22)36)40-34(41)29-15-21-6-8-24(39-33(21)42(29)17-19-3-4-19)20-5-9-25-26(13-20)38-12-11-37-25/h5-6,8-9,11-16,19,22,28,31H,3-4,7,10,17-18,36H2,1-2H3/t22?,28?,31-/m1/s1. The normalized spacial score (nSPS) is 21.0. The molecule has 2 N–H and O–H groups in total. The Morgan fingerprint density at radius 1 is 0.956 bits per heavy atom. The van der Waals surface area contributed by atoms with Crippen LogP contribution in [0.1, 0.15) is 36.0 Å². The molecule has 1 aliphatic heterocycles. The highest BCUT2D eigenvalue weighted by molar-refractivity contribution is 6.00. The molecule has 4 aromatic heterocycles. The minimum atomic E-state index is 0.00398. The van der Waals surface area contributed by atoms with E-state index in [4.69, 9.17) is 20.4 Å². The molecule has 1 saturated heterocycles. The number of carbonyl (C=O) groups excluding carboxylic acids is 1. The number of fused-ring (bicyclic) bond motifs is 5. The summed E-state index contributed by atoms with van der Waals surface area (Å²) in [7, 11) is 3.67. The molecule has 5 heterocycles. The van der Waals surface area contributed by atoms with E-state index >= 15 is 0 Å². The van der Waals surface area contributed by atoms with Crippen molar-refractivity contribution in [1.29, 1.82) is 0 Å². The Morgan fingerprint density at radius 3 is 2.56 bits per heavy atom. The van der Waals surface area contributed by atoms with Gasteiger partial charge in [0, 0.05) is 61.1 Å². The first-order valence-corrected chi connectivity index (χ1v) is 15.8. The summed E-state index contributed by atoms with van der Waals surface area (Å²) in [5.74, 6) is 2.47. The third kappa shape index (κ3) is 4.15. The van der Waals surface area contributed by atoms with Crippen molar-refractivity contribution >= 4 is 39.0 Å². The molecule has 2 aromatic carbocycles. The molecule has 226 valence electrons. The van der Waals surface area contributed by atoms with Crippen LogP contribution >= 0.6 is 0 Å². The highest BCUT2D eigenvalue weighted by Gasteiger charge is 2.47. The van der Waals surface area contributed by atoms with Crippen LogP contribution in [0.3, 0.4) is 0 Å². The summed E-state index contributed by atoms with van der Waals surface area (Å²) < 4.78 is 10.3. The van der Waals surface area contributed by atoms with Gasteiger partial charge in [-0.05, 0) is 80.0 Å². The van der Waals surface area contributed by atoms with E-state index in [0.717, 1.165) is 81.8 Å². The van der Waals surface area contributed by atoms with Crippen molar-refractivity contribution in [3.63, 3.8) is 0 Å². The van der Waals surface area contributed by atoms with E-state index in [-0.39, 0.29) is 18.0 Å². The van der Waals surface area contributed by atoms with Gasteiger partial charge in [0.1, 0.15) is 16.9 Å². The van der Waals surface area contributed by atoms with E-state index in [1.54, 1.807) is 19.5 Å². The number of nitrogens with zero attached hydrogens (tertiary/aromatic N) is 7. The second-order valence-electron chi connectivity index (χ2n) is 12.9. The molecule has 0 spiro atoms. The molecule has 3 fully saturated rings. The van der Waals surface area contributed by atoms with E-state index in [1.807, 2.05) is 36.2 Å². The van der Waals surface area contributed by atoms with Crippen LogP contribution in [-0.4, -0.2) is 65.6 Å². The van der Waals surface area contributed by atoms with Crippen molar-refractivity contribution in [1.82, 2.24) is 34.0 Å². The number of carbonyl (C=O) groups is 1. The van der Waals surface area contributed by atoms with E-state index in [9.17, 15) is 4.79 Å². The summed E-state index contributed by atoms with van der Waals surface area (Å²) >= 11 is 0. The van der Waals surface area contributed by atoms with Crippen LogP contribution in [0.25, 0.3) is 55.9 Å². The lowest BCUT2D eigenvalue weighted by Gasteiger charge is -2.27. The monoisotopic (exact) mass is 598 g/mol. The molecule has 10 nitrogen and oxygen atoms in total.